The van der Waals surface area contributed by atoms with Crippen LogP contribution in [-0.2, 0) is 10.3 Å². The highest BCUT2D eigenvalue weighted by atomic mass is 79.9. The van der Waals surface area contributed by atoms with Crippen molar-refractivity contribution < 1.29 is 4.79 Å². The Balaban J connectivity index is 0.00000264. The van der Waals surface area contributed by atoms with E-state index in [0.717, 1.165) is 22.9 Å². The number of benzene rings is 1. The second-order valence-electron chi connectivity index (χ2n) is 6.72. The van der Waals surface area contributed by atoms with Gasteiger partial charge >= 0.3 is 0 Å². The van der Waals surface area contributed by atoms with Crippen LogP contribution in [0.1, 0.15) is 38.2 Å². The largest absolute Gasteiger partial charge is 0.352 e. The summed E-state index contributed by atoms with van der Waals surface area (Å²) in [5.41, 5.74) is 6.17. The van der Waals surface area contributed by atoms with Gasteiger partial charge in [-0.3, -0.25) is 4.79 Å². The molecule has 0 heterocycles. The molecule has 4 nitrogen and oxygen atoms in total. The fourth-order valence-electron chi connectivity index (χ4n) is 3.17. The van der Waals surface area contributed by atoms with Gasteiger partial charge in [-0.2, -0.15) is 0 Å². The number of hydrogen-bond acceptors (Lipinski definition) is 3. The molecule has 24 heavy (non-hydrogen) atoms. The van der Waals surface area contributed by atoms with E-state index in [1.807, 2.05) is 24.3 Å². The molecule has 1 aliphatic carbocycles. The minimum Gasteiger partial charge on any atom is -0.352 e. The zero-order valence-electron chi connectivity index (χ0n) is 14.5. The molecule has 0 aliphatic heterocycles. The number of carbonyl (C=O) groups excluding carboxylic acids is 1. The summed E-state index contributed by atoms with van der Waals surface area (Å²) in [7, 11) is 4.18. The summed E-state index contributed by atoms with van der Waals surface area (Å²) in [4.78, 5) is 14.8. The standard InChI is InChI=1S/C17H26BrN3O.2ClH/c1-16(19,13-6-8-14(18)9-7-13)15(22)20-12-17(21(2)3)10-4-5-11-17;;/h6-9H,4-5,10-12,19H2,1-3H3,(H,20,22);2*1H. The van der Waals surface area contributed by atoms with Gasteiger partial charge in [0, 0.05) is 16.6 Å². The predicted molar refractivity (Wildman–Crippen MR) is 108 cm³/mol. The molecule has 0 radical (unpaired) electrons. The Hall–Kier alpha value is -0.330. The molecule has 0 bridgehead atoms. The minimum atomic E-state index is -1.02. The topological polar surface area (TPSA) is 58.4 Å². The van der Waals surface area contributed by atoms with Gasteiger partial charge in [0.05, 0.1) is 0 Å². The Morgan fingerprint density at radius 2 is 1.75 bits per heavy atom. The molecule has 1 unspecified atom stereocenters. The third kappa shape index (κ3) is 5.09. The third-order valence-corrected chi connectivity index (χ3v) is 5.51. The van der Waals surface area contributed by atoms with Crippen LogP contribution < -0.4 is 11.1 Å². The molecule has 0 saturated heterocycles. The first-order valence-corrected chi connectivity index (χ1v) is 8.58. The molecule has 1 atom stereocenters. The maximum atomic E-state index is 12.6. The van der Waals surface area contributed by atoms with Gasteiger partial charge in [0.25, 0.3) is 0 Å². The lowest BCUT2D eigenvalue weighted by Gasteiger charge is -2.37. The first-order chi connectivity index (χ1) is 10.3. The van der Waals surface area contributed by atoms with Crippen LogP contribution in [0.15, 0.2) is 28.7 Å². The summed E-state index contributed by atoms with van der Waals surface area (Å²) >= 11 is 3.40. The van der Waals surface area contributed by atoms with E-state index in [1.165, 1.54) is 12.8 Å². The minimum absolute atomic E-state index is 0. The molecule has 1 aromatic carbocycles. The van der Waals surface area contributed by atoms with Crippen LogP contribution >= 0.6 is 40.7 Å². The molecule has 138 valence electrons. The van der Waals surface area contributed by atoms with E-state index >= 15 is 0 Å². The maximum Gasteiger partial charge on any atom is 0.244 e. The van der Waals surface area contributed by atoms with Crippen LogP contribution in [0.2, 0.25) is 0 Å². The molecular formula is C17H28BrCl2N3O. The van der Waals surface area contributed by atoms with Crippen molar-refractivity contribution in [3.05, 3.63) is 34.3 Å². The SMILES string of the molecule is CN(C)C1(CNC(=O)C(C)(N)c2ccc(Br)cc2)CCCC1.Cl.Cl. The van der Waals surface area contributed by atoms with Crippen molar-refractivity contribution in [2.24, 2.45) is 5.73 Å². The zero-order valence-corrected chi connectivity index (χ0v) is 17.7. The number of nitrogens with two attached hydrogens (primary N) is 1. The Kier molecular flexibility index (Phi) is 9.26. The Morgan fingerprint density at radius 1 is 1.25 bits per heavy atom. The molecule has 1 amide bonds. The van der Waals surface area contributed by atoms with Gasteiger partial charge in [-0.25, -0.2) is 0 Å². The number of rotatable bonds is 5. The number of halogens is 3. The van der Waals surface area contributed by atoms with Gasteiger partial charge in [0.1, 0.15) is 5.54 Å². The highest BCUT2D eigenvalue weighted by Gasteiger charge is 2.38. The smallest absolute Gasteiger partial charge is 0.244 e. The second-order valence-corrected chi connectivity index (χ2v) is 7.63. The molecule has 1 saturated carbocycles. The normalized spacial score (nSPS) is 18.2. The van der Waals surface area contributed by atoms with Gasteiger partial charge in [-0.05, 0) is 51.6 Å². The number of carbonyl (C=O) groups is 1. The van der Waals surface area contributed by atoms with E-state index in [9.17, 15) is 4.79 Å². The molecule has 7 heteroatoms. The molecule has 3 N–H and O–H groups in total. The van der Waals surface area contributed by atoms with Gasteiger partial charge in [0.15, 0.2) is 0 Å². The first-order valence-electron chi connectivity index (χ1n) is 7.79. The fourth-order valence-corrected chi connectivity index (χ4v) is 3.44. The summed E-state index contributed by atoms with van der Waals surface area (Å²) in [6.45, 7) is 2.42. The van der Waals surface area contributed by atoms with Gasteiger partial charge in [-0.1, -0.05) is 40.9 Å². The van der Waals surface area contributed by atoms with Gasteiger partial charge < -0.3 is 16.0 Å². The number of hydrogen-bond donors (Lipinski definition) is 2. The van der Waals surface area contributed by atoms with Crippen LogP contribution in [0.25, 0.3) is 0 Å². The number of nitrogens with one attached hydrogen (secondary N) is 1. The summed E-state index contributed by atoms with van der Waals surface area (Å²) in [6.07, 6.45) is 4.70. The monoisotopic (exact) mass is 439 g/mol. The van der Waals surface area contributed by atoms with Crippen LogP contribution in [0.4, 0.5) is 0 Å². The van der Waals surface area contributed by atoms with E-state index < -0.39 is 5.54 Å². The molecule has 0 aromatic heterocycles. The average Bonchev–Trinajstić information content (AvgIpc) is 2.95. The van der Waals surface area contributed by atoms with Crippen LogP contribution in [-0.4, -0.2) is 37.0 Å². The molecule has 1 aromatic rings. The number of nitrogens with zero attached hydrogens (tertiary/aromatic N) is 1. The van der Waals surface area contributed by atoms with Gasteiger partial charge in [-0.15, -0.1) is 24.8 Å². The summed E-state index contributed by atoms with van der Waals surface area (Å²) in [6, 6.07) is 7.60. The second kappa shape index (κ2) is 9.39. The predicted octanol–water partition coefficient (Wildman–Crippen LogP) is 3.46. The Bertz CT molecular complexity index is 529. The summed E-state index contributed by atoms with van der Waals surface area (Å²) in [5.74, 6) is -0.122. The van der Waals surface area contributed by atoms with E-state index in [2.05, 4.69) is 40.2 Å². The van der Waals surface area contributed by atoms with Crippen molar-refractivity contribution in [3.63, 3.8) is 0 Å². The highest BCUT2D eigenvalue weighted by molar-refractivity contribution is 9.10. The fraction of sp³-hybridized carbons (Fsp3) is 0.588. The van der Waals surface area contributed by atoms with Crippen LogP contribution in [0.5, 0.6) is 0 Å². The van der Waals surface area contributed by atoms with E-state index in [0.29, 0.717) is 6.54 Å². The average molecular weight is 441 g/mol. The van der Waals surface area contributed by atoms with Crippen molar-refractivity contribution >= 4 is 46.7 Å². The summed E-state index contributed by atoms with van der Waals surface area (Å²) in [5, 5.41) is 3.08. The van der Waals surface area contributed by atoms with E-state index in [-0.39, 0.29) is 36.3 Å². The Morgan fingerprint density at radius 3 is 2.21 bits per heavy atom. The van der Waals surface area contributed by atoms with Crippen molar-refractivity contribution in [2.45, 2.75) is 43.7 Å². The van der Waals surface area contributed by atoms with Crippen molar-refractivity contribution in [1.29, 1.82) is 0 Å². The molecule has 1 aliphatic rings. The molecular weight excluding hydrogens is 413 g/mol. The van der Waals surface area contributed by atoms with Gasteiger partial charge in [0.2, 0.25) is 5.91 Å². The third-order valence-electron chi connectivity index (χ3n) is 4.98. The lowest BCUT2D eigenvalue weighted by atomic mass is 9.91. The Labute approximate surface area is 165 Å². The lowest BCUT2D eigenvalue weighted by molar-refractivity contribution is -0.126. The number of amides is 1. The summed E-state index contributed by atoms with van der Waals surface area (Å²) < 4.78 is 0.977. The lowest BCUT2D eigenvalue weighted by Crippen LogP contribution is -2.56. The number of likely N-dealkylation sites (N-methyl/N-ethyl adjacent to an activating group) is 1. The van der Waals surface area contributed by atoms with E-state index in [4.69, 9.17) is 5.73 Å². The maximum absolute atomic E-state index is 12.6. The first kappa shape index (κ1) is 23.7. The van der Waals surface area contributed by atoms with E-state index in [1.54, 1.807) is 6.92 Å². The van der Waals surface area contributed by atoms with Crippen molar-refractivity contribution in [3.8, 4) is 0 Å². The van der Waals surface area contributed by atoms with Crippen LogP contribution in [0.3, 0.4) is 0 Å². The molecule has 0 spiro atoms. The highest BCUT2D eigenvalue weighted by Crippen LogP contribution is 2.33. The zero-order chi connectivity index (χ0) is 16.4. The molecule has 2 rings (SSSR count). The molecule has 1 fully saturated rings. The quantitative estimate of drug-likeness (QED) is 0.736. The van der Waals surface area contributed by atoms with Crippen LogP contribution in [0, 0.1) is 0 Å². The van der Waals surface area contributed by atoms with Crippen molar-refractivity contribution in [1.82, 2.24) is 10.2 Å². The van der Waals surface area contributed by atoms with Crippen molar-refractivity contribution in [2.75, 3.05) is 20.6 Å².